The van der Waals surface area contributed by atoms with Crippen LogP contribution in [0.1, 0.15) is 29.7 Å². The third-order valence-electron chi connectivity index (χ3n) is 4.62. The molecule has 3 aromatic rings. The highest BCUT2D eigenvalue weighted by atomic mass is 19.1. The summed E-state index contributed by atoms with van der Waals surface area (Å²) >= 11 is 0. The van der Waals surface area contributed by atoms with Gasteiger partial charge in [-0.1, -0.05) is 42.5 Å². The second-order valence-electron chi connectivity index (χ2n) is 6.63. The van der Waals surface area contributed by atoms with Crippen LogP contribution >= 0.6 is 0 Å². The van der Waals surface area contributed by atoms with Gasteiger partial charge in [-0.2, -0.15) is 0 Å². The van der Waals surface area contributed by atoms with Gasteiger partial charge in [0.2, 0.25) is 0 Å². The van der Waals surface area contributed by atoms with Gasteiger partial charge in [-0.05, 0) is 37.1 Å². The first kappa shape index (κ1) is 20.9. The second kappa shape index (κ2) is 9.13. The van der Waals surface area contributed by atoms with Crippen molar-refractivity contribution in [2.45, 2.75) is 26.4 Å². The molecule has 154 valence electrons. The van der Waals surface area contributed by atoms with Gasteiger partial charge in [0.25, 0.3) is 5.09 Å². The van der Waals surface area contributed by atoms with E-state index in [0.717, 1.165) is 5.56 Å². The maximum absolute atomic E-state index is 14.6. The average Bonchev–Trinajstić information content (AvgIpc) is 2.74. The number of aryl methyl sites for hydroxylation is 1. The summed E-state index contributed by atoms with van der Waals surface area (Å²) in [6.45, 7) is 2.82. The van der Waals surface area contributed by atoms with E-state index in [0.29, 0.717) is 22.4 Å². The molecular weight excluding hydrogens is 391 g/mol. The van der Waals surface area contributed by atoms with Crippen molar-refractivity contribution in [2.24, 2.45) is 0 Å². The lowest BCUT2D eigenvalue weighted by Gasteiger charge is -2.16. The van der Waals surface area contributed by atoms with Gasteiger partial charge >= 0.3 is 5.97 Å². The fraction of sp³-hybridized carbons (Fsp3) is 0.182. The van der Waals surface area contributed by atoms with Gasteiger partial charge in [0.1, 0.15) is 12.4 Å². The van der Waals surface area contributed by atoms with Crippen molar-refractivity contribution in [3.8, 4) is 16.9 Å². The molecule has 8 heteroatoms. The number of ether oxygens (including phenoxy) is 1. The Labute approximate surface area is 172 Å². The fourth-order valence-corrected chi connectivity index (χ4v) is 2.96. The lowest BCUT2D eigenvalue weighted by molar-refractivity contribution is -0.763. The molecule has 0 fully saturated rings. The standard InChI is InChI=1S/C22H19FN2O5/c1-14(17-8-9-19(20(23)12-17)16-6-4-3-5-7-16)22(26)30-21-15(2)24-11-10-18(21)13-29-25(27)28/h3-12,14H,13H2,1-2H3. The Kier molecular flexibility index (Phi) is 6.36. The predicted molar refractivity (Wildman–Crippen MR) is 107 cm³/mol. The summed E-state index contributed by atoms with van der Waals surface area (Å²) in [5.41, 5.74) is 2.30. The molecule has 0 N–H and O–H groups in total. The molecule has 0 aliphatic heterocycles. The molecule has 0 aliphatic rings. The number of carbonyl (C=O) groups is 1. The third kappa shape index (κ3) is 4.78. The Hall–Kier alpha value is -3.81. The molecule has 1 unspecified atom stereocenters. The van der Waals surface area contributed by atoms with E-state index in [9.17, 15) is 19.3 Å². The normalized spacial score (nSPS) is 11.6. The summed E-state index contributed by atoms with van der Waals surface area (Å²) in [5, 5.41) is 9.54. The van der Waals surface area contributed by atoms with Crippen molar-refractivity contribution >= 4 is 5.97 Å². The molecule has 0 spiro atoms. The molecule has 0 saturated carbocycles. The zero-order valence-electron chi connectivity index (χ0n) is 16.4. The smallest absolute Gasteiger partial charge is 0.318 e. The minimum absolute atomic E-state index is 0.0950. The molecule has 1 aromatic heterocycles. The summed E-state index contributed by atoms with van der Waals surface area (Å²) in [6.07, 6.45) is 1.44. The van der Waals surface area contributed by atoms with E-state index >= 15 is 0 Å². The van der Waals surface area contributed by atoms with E-state index in [4.69, 9.17) is 4.74 Å². The Morgan fingerprint density at radius 2 is 1.93 bits per heavy atom. The van der Waals surface area contributed by atoms with Gasteiger partial charge < -0.3 is 9.57 Å². The summed E-state index contributed by atoms with van der Waals surface area (Å²) in [6, 6.07) is 15.2. The van der Waals surface area contributed by atoms with E-state index in [1.165, 1.54) is 18.3 Å². The number of aromatic nitrogens is 1. The van der Waals surface area contributed by atoms with Gasteiger partial charge in [-0.3, -0.25) is 9.78 Å². The van der Waals surface area contributed by atoms with Crippen LogP contribution < -0.4 is 4.74 Å². The van der Waals surface area contributed by atoms with Gasteiger partial charge in [0.15, 0.2) is 5.75 Å². The highest BCUT2D eigenvalue weighted by Crippen LogP contribution is 2.29. The molecule has 2 aromatic carbocycles. The second-order valence-corrected chi connectivity index (χ2v) is 6.63. The molecule has 0 saturated heterocycles. The Balaban J connectivity index is 1.80. The van der Waals surface area contributed by atoms with Crippen LogP contribution in [0.25, 0.3) is 11.1 Å². The maximum Gasteiger partial charge on any atom is 0.318 e. The van der Waals surface area contributed by atoms with E-state index in [-0.39, 0.29) is 12.4 Å². The van der Waals surface area contributed by atoms with Gasteiger partial charge in [0, 0.05) is 17.3 Å². The minimum atomic E-state index is -0.930. The number of hydrogen-bond donors (Lipinski definition) is 0. The molecule has 1 heterocycles. The first-order valence-electron chi connectivity index (χ1n) is 9.15. The number of rotatable bonds is 7. The summed E-state index contributed by atoms with van der Waals surface area (Å²) in [5.74, 6) is -1.76. The third-order valence-corrected chi connectivity index (χ3v) is 4.62. The summed E-state index contributed by atoms with van der Waals surface area (Å²) < 4.78 is 20.1. The van der Waals surface area contributed by atoms with Crippen molar-refractivity contribution in [2.75, 3.05) is 0 Å². The largest absolute Gasteiger partial charge is 0.424 e. The zero-order valence-corrected chi connectivity index (χ0v) is 16.4. The molecule has 30 heavy (non-hydrogen) atoms. The molecule has 1 atom stereocenters. The first-order chi connectivity index (χ1) is 14.4. The topological polar surface area (TPSA) is 91.6 Å². The number of carbonyl (C=O) groups excluding carboxylic acids is 1. The van der Waals surface area contributed by atoms with Crippen LogP contribution in [0, 0.1) is 22.9 Å². The number of nitrogens with zero attached hydrogens (tertiary/aromatic N) is 2. The number of benzene rings is 2. The maximum atomic E-state index is 14.6. The monoisotopic (exact) mass is 410 g/mol. The van der Waals surface area contributed by atoms with E-state index in [1.807, 2.05) is 18.2 Å². The van der Waals surface area contributed by atoms with Crippen molar-refractivity contribution in [3.63, 3.8) is 0 Å². The molecule has 3 rings (SSSR count). The predicted octanol–water partition coefficient (Wildman–Crippen LogP) is 4.61. The lowest BCUT2D eigenvalue weighted by Crippen LogP contribution is -2.18. The fourth-order valence-electron chi connectivity index (χ4n) is 2.96. The SMILES string of the molecule is Cc1nccc(CO[N+](=O)[O-])c1OC(=O)C(C)c1ccc(-c2ccccc2)c(F)c1. The minimum Gasteiger partial charge on any atom is -0.424 e. The highest BCUT2D eigenvalue weighted by Gasteiger charge is 2.22. The van der Waals surface area contributed by atoms with Crippen molar-refractivity contribution < 1.29 is 23.8 Å². The Morgan fingerprint density at radius 3 is 2.60 bits per heavy atom. The van der Waals surface area contributed by atoms with E-state index in [2.05, 4.69) is 9.82 Å². The Morgan fingerprint density at radius 1 is 1.20 bits per heavy atom. The molecule has 0 amide bonds. The highest BCUT2D eigenvalue weighted by molar-refractivity contribution is 5.80. The molecular formula is C22H19FN2O5. The van der Waals surface area contributed by atoms with Crippen LogP contribution in [0.5, 0.6) is 5.75 Å². The lowest BCUT2D eigenvalue weighted by atomic mass is 9.97. The van der Waals surface area contributed by atoms with Gasteiger partial charge in [-0.25, -0.2) is 4.39 Å². The average molecular weight is 410 g/mol. The zero-order chi connectivity index (χ0) is 21.7. The quantitative estimate of drug-likeness (QED) is 0.321. The van der Waals surface area contributed by atoms with E-state index < -0.39 is 22.8 Å². The van der Waals surface area contributed by atoms with Crippen LogP contribution in [-0.2, 0) is 16.2 Å². The van der Waals surface area contributed by atoms with Crippen LogP contribution in [-0.4, -0.2) is 16.0 Å². The number of hydrogen-bond acceptors (Lipinski definition) is 6. The summed E-state index contributed by atoms with van der Waals surface area (Å²) in [7, 11) is 0. The number of esters is 1. The summed E-state index contributed by atoms with van der Waals surface area (Å²) in [4.78, 5) is 31.6. The molecule has 0 radical (unpaired) electrons. The molecule has 7 nitrogen and oxygen atoms in total. The number of pyridine rings is 1. The van der Waals surface area contributed by atoms with Crippen LogP contribution in [0.2, 0.25) is 0 Å². The number of halogens is 1. The van der Waals surface area contributed by atoms with Crippen LogP contribution in [0.4, 0.5) is 4.39 Å². The molecule has 0 bridgehead atoms. The van der Waals surface area contributed by atoms with Gasteiger partial charge in [0.05, 0.1) is 11.6 Å². The van der Waals surface area contributed by atoms with Crippen molar-refractivity contribution in [1.29, 1.82) is 0 Å². The first-order valence-corrected chi connectivity index (χ1v) is 9.15. The van der Waals surface area contributed by atoms with Gasteiger partial charge in [-0.15, -0.1) is 10.1 Å². The molecule has 0 aliphatic carbocycles. The Bertz CT molecular complexity index is 1070. The van der Waals surface area contributed by atoms with Crippen molar-refractivity contribution in [3.05, 3.63) is 93.5 Å². The van der Waals surface area contributed by atoms with Crippen LogP contribution in [0.3, 0.4) is 0 Å². The van der Waals surface area contributed by atoms with E-state index in [1.54, 1.807) is 38.1 Å². The van der Waals surface area contributed by atoms with Crippen LogP contribution in [0.15, 0.2) is 60.8 Å². The van der Waals surface area contributed by atoms with Crippen molar-refractivity contribution in [1.82, 2.24) is 4.98 Å².